The molecule has 1 N–H and O–H groups in total. The number of para-hydroxylation sites is 1. The topological polar surface area (TPSA) is 64.1 Å². The summed E-state index contributed by atoms with van der Waals surface area (Å²) in [5.74, 6) is 1.13. The maximum Gasteiger partial charge on any atom is 0.240 e. The largest absolute Gasteiger partial charge is 0.464 e. The Morgan fingerprint density at radius 1 is 1.20 bits per heavy atom. The van der Waals surface area contributed by atoms with Crippen molar-refractivity contribution < 1.29 is 8.94 Å². The molecule has 0 aliphatic carbocycles. The van der Waals surface area contributed by atoms with Gasteiger partial charge in [0.2, 0.25) is 11.7 Å². The van der Waals surface area contributed by atoms with Gasteiger partial charge in [-0.15, -0.1) is 0 Å². The molecular weight excluding hydrogens is 254 g/mol. The van der Waals surface area contributed by atoms with Crippen LogP contribution in [0.2, 0.25) is 0 Å². The monoisotopic (exact) mass is 271 g/mol. The molecule has 0 amide bonds. The second-order valence-electron chi connectivity index (χ2n) is 5.76. The molecule has 0 radical (unpaired) electrons. The van der Waals surface area contributed by atoms with E-state index >= 15 is 0 Å². The van der Waals surface area contributed by atoms with Crippen molar-refractivity contribution >= 4 is 11.0 Å². The van der Waals surface area contributed by atoms with Gasteiger partial charge in [0.1, 0.15) is 11.8 Å². The molecule has 0 fully saturated rings. The van der Waals surface area contributed by atoms with Gasteiger partial charge < -0.3 is 14.3 Å². The second-order valence-corrected chi connectivity index (χ2v) is 5.76. The van der Waals surface area contributed by atoms with Crippen LogP contribution in [0.5, 0.6) is 0 Å². The third kappa shape index (κ3) is 2.58. The maximum absolute atomic E-state index is 5.49. The lowest BCUT2D eigenvalue weighted by Crippen LogP contribution is -2.35. The number of rotatable bonds is 3. The predicted octanol–water partition coefficient (Wildman–Crippen LogP) is 3.37. The molecule has 2 aromatic heterocycles. The van der Waals surface area contributed by atoms with Crippen LogP contribution in [-0.4, -0.2) is 15.7 Å². The quantitative estimate of drug-likeness (QED) is 0.791. The number of fused-ring (bicyclic) bond motifs is 1. The average molecular weight is 271 g/mol. The highest BCUT2D eigenvalue weighted by Gasteiger charge is 2.16. The molecule has 0 saturated carbocycles. The first-order valence-electron chi connectivity index (χ1n) is 6.57. The number of benzene rings is 1. The maximum atomic E-state index is 5.49. The van der Waals surface area contributed by atoms with Gasteiger partial charge in [-0.3, -0.25) is 0 Å². The van der Waals surface area contributed by atoms with Crippen molar-refractivity contribution in [2.75, 3.05) is 0 Å². The lowest BCUT2D eigenvalue weighted by Gasteiger charge is -2.18. The Morgan fingerprint density at radius 3 is 2.80 bits per heavy atom. The number of furan rings is 1. The molecular formula is C15H17N3O2. The van der Waals surface area contributed by atoms with Gasteiger partial charge in [0, 0.05) is 10.9 Å². The Balaban J connectivity index is 1.86. The summed E-state index contributed by atoms with van der Waals surface area (Å²) in [6, 6.07) is 7.80. The lowest BCUT2D eigenvalue weighted by molar-refractivity contribution is 0.336. The first-order valence-corrected chi connectivity index (χ1v) is 6.57. The van der Waals surface area contributed by atoms with Crippen molar-refractivity contribution in [3.63, 3.8) is 0 Å². The third-order valence-corrected chi connectivity index (χ3v) is 2.96. The van der Waals surface area contributed by atoms with Crippen LogP contribution in [0.4, 0.5) is 0 Å². The summed E-state index contributed by atoms with van der Waals surface area (Å²) in [6.45, 7) is 6.82. The minimum Gasteiger partial charge on any atom is -0.464 e. The van der Waals surface area contributed by atoms with E-state index in [0.29, 0.717) is 18.3 Å². The van der Waals surface area contributed by atoms with Crippen molar-refractivity contribution in [3.8, 4) is 11.4 Å². The number of hydrogen-bond acceptors (Lipinski definition) is 5. The molecule has 0 atom stereocenters. The minimum absolute atomic E-state index is 0.0109. The molecule has 0 saturated heterocycles. The molecule has 0 aliphatic heterocycles. The van der Waals surface area contributed by atoms with E-state index in [-0.39, 0.29) is 5.54 Å². The van der Waals surface area contributed by atoms with Crippen molar-refractivity contribution in [1.29, 1.82) is 0 Å². The van der Waals surface area contributed by atoms with Crippen LogP contribution in [0.15, 0.2) is 39.5 Å². The van der Waals surface area contributed by atoms with Gasteiger partial charge >= 0.3 is 0 Å². The standard InChI is InChI=1S/C15H17N3O2/c1-15(2,3)16-8-13-17-14(18-20-13)11-9-19-12-7-5-4-6-10(11)12/h4-7,9,16H,8H2,1-3H3. The molecule has 5 heteroatoms. The van der Waals surface area contributed by atoms with Gasteiger partial charge in [0.15, 0.2) is 0 Å². The Hall–Kier alpha value is -2.14. The van der Waals surface area contributed by atoms with Crippen molar-refractivity contribution in [3.05, 3.63) is 36.4 Å². The smallest absolute Gasteiger partial charge is 0.240 e. The van der Waals surface area contributed by atoms with Gasteiger partial charge in [-0.05, 0) is 26.8 Å². The molecule has 2 heterocycles. The molecule has 0 unspecified atom stereocenters. The molecule has 0 spiro atoms. The van der Waals surface area contributed by atoms with E-state index in [1.54, 1.807) is 6.26 Å². The molecule has 20 heavy (non-hydrogen) atoms. The number of hydrogen-bond donors (Lipinski definition) is 1. The van der Waals surface area contributed by atoms with Crippen LogP contribution in [0.1, 0.15) is 26.7 Å². The van der Waals surface area contributed by atoms with E-state index in [1.165, 1.54) is 0 Å². The fourth-order valence-corrected chi connectivity index (χ4v) is 1.93. The van der Waals surface area contributed by atoms with Gasteiger partial charge in [-0.2, -0.15) is 4.98 Å². The van der Waals surface area contributed by atoms with Crippen molar-refractivity contribution in [2.24, 2.45) is 0 Å². The van der Waals surface area contributed by atoms with Crippen LogP contribution >= 0.6 is 0 Å². The summed E-state index contributed by atoms with van der Waals surface area (Å²) in [7, 11) is 0. The highest BCUT2D eigenvalue weighted by molar-refractivity contribution is 5.91. The summed E-state index contributed by atoms with van der Waals surface area (Å²) in [6.07, 6.45) is 1.66. The predicted molar refractivity (Wildman–Crippen MR) is 76.1 cm³/mol. The van der Waals surface area contributed by atoms with Crippen molar-refractivity contribution in [2.45, 2.75) is 32.9 Å². The average Bonchev–Trinajstić information content (AvgIpc) is 3.01. The first-order chi connectivity index (χ1) is 9.53. The minimum atomic E-state index is 0.0109. The van der Waals surface area contributed by atoms with E-state index in [4.69, 9.17) is 8.94 Å². The van der Waals surface area contributed by atoms with Gasteiger partial charge in [-0.1, -0.05) is 23.4 Å². The molecule has 5 nitrogen and oxygen atoms in total. The van der Waals surface area contributed by atoms with E-state index in [9.17, 15) is 0 Å². The summed E-state index contributed by atoms with van der Waals surface area (Å²) < 4.78 is 10.8. The number of nitrogens with zero attached hydrogens (tertiary/aromatic N) is 2. The SMILES string of the molecule is CC(C)(C)NCc1nc(-c2coc3ccccc23)no1. The van der Waals surface area contributed by atoms with Crippen LogP contribution in [0, 0.1) is 0 Å². The summed E-state index contributed by atoms with van der Waals surface area (Å²) >= 11 is 0. The normalized spacial score (nSPS) is 12.2. The summed E-state index contributed by atoms with van der Waals surface area (Å²) in [5, 5.41) is 8.33. The summed E-state index contributed by atoms with van der Waals surface area (Å²) in [4.78, 5) is 4.41. The van der Waals surface area contributed by atoms with Gasteiger partial charge in [0.05, 0.1) is 12.1 Å². The molecule has 104 valence electrons. The zero-order chi connectivity index (χ0) is 14.2. The summed E-state index contributed by atoms with van der Waals surface area (Å²) in [5.41, 5.74) is 1.68. The van der Waals surface area contributed by atoms with Gasteiger partial charge in [-0.25, -0.2) is 0 Å². The Bertz CT molecular complexity index is 722. The highest BCUT2D eigenvalue weighted by atomic mass is 16.5. The van der Waals surface area contributed by atoms with Gasteiger partial charge in [0.25, 0.3) is 0 Å². The van der Waals surface area contributed by atoms with Crippen LogP contribution in [-0.2, 0) is 6.54 Å². The zero-order valence-electron chi connectivity index (χ0n) is 11.8. The molecule has 3 aromatic rings. The molecule has 3 rings (SSSR count). The van der Waals surface area contributed by atoms with Crippen LogP contribution < -0.4 is 5.32 Å². The second kappa shape index (κ2) is 4.76. The Morgan fingerprint density at radius 2 is 2.00 bits per heavy atom. The highest BCUT2D eigenvalue weighted by Crippen LogP contribution is 2.28. The molecule has 1 aromatic carbocycles. The molecule has 0 bridgehead atoms. The van der Waals surface area contributed by atoms with E-state index in [1.807, 2.05) is 24.3 Å². The van der Waals surface area contributed by atoms with E-state index in [2.05, 4.69) is 36.2 Å². The van der Waals surface area contributed by atoms with E-state index in [0.717, 1.165) is 16.5 Å². The first kappa shape index (κ1) is 12.9. The number of nitrogens with one attached hydrogen (secondary N) is 1. The van der Waals surface area contributed by atoms with Crippen LogP contribution in [0.3, 0.4) is 0 Å². The Kier molecular flexibility index (Phi) is 3.06. The fraction of sp³-hybridized carbons (Fsp3) is 0.333. The molecule has 0 aliphatic rings. The fourth-order valence-electron chi connectivity index (χ4n) is 1.93. The number of aromatic nitrogens is 2. The van der Waals surface area contributed by atoms with E-state index < -0.39 is 0 Å². The third-order valence-electron chi connectivity index (χ3n) is 2.96. The lowest BCUT2D eigenvalue weighted by atomic mass is 10.1. The Labute approximate surface area is 117 Å². The van der Waals surface area contributed by atoms with Crippen LogP contribution in [0.25, 0.3) is 22.4 Å². The zero-order valence-corrected chi connectivity index (χ0v) is 11.8. The van der Waals surface area contributed by atoms with Crippen molar-refractivity contribution in [1.82, 2.24) is 15.5 Å².